The summed E-state index contributed by atoms with van der Waals surface area (Å²) in [5.41, 5.74) is 1.11. The van der Waals surface area contributed by atoms with Gasteiger partial charge in [0.05, 0.1) is 17.8 Å². The highest BCUT2D eigenvalue weighted by atomic mass is 19.2. The van der Waals surface area contributed by atoms with Gasteiger partial charge in [-0.25, -0.2) is 13.6 Å². The van der Waals surface area contributed by atoms with Crippen LogP contribution in [0.3, 0.4) is 0 Å². The highest BCUT2D eigenvalue weighted by Crippen LogP contribution is 2.31. The Morgan fingerprint density at radius 2 is 2.12 bits per heavy atom. The number of nitrogens with zero attached hydrogens (tertiary/aromatic N) is 3. The Morgan fingerprint density at radius 3 is 2.84 bits per heavy atom. The van der Waals surface area contributed by atoms with Crippen LogP contribution in [0.4, 0.5) is 13.6 Å². The van der Waals surface area contributed by atoms with E-state index in [-0.39, 0.29) is 17.6 Å². The van der Waals surface area contributed by atoms with Crippen molar-refractivity contribution in [3.05, 3.63) is 53.4 Å². The number of hydrogen-bond donors (Lipinski definition) is 1. The van der Waals surface area contributed by atoms with E-state index >= 15 is 0 Å². The average molecular weight is 348 g/mol. The Balaban J connectivity index is 1.77. The molecule has 1 aromatic heterocycles. The highest BCUT2D eigenvalue weighted by molar-refractivity contribution is 5.75. The molecule has 134 valence electrons. The molecule has 1 aliphatic heterocycles. The summed E-state index contributed by atoms with van der Waals surface area (Å²) in [7, 11) is 1.85. The van der Waals surface area contributed by atoms with Gasteiger partial charge in [-0.15, -0.1) is 0 Å². The summed E-state index contributed by atoms with van der Waals surface area (Å²) in [5.74, 6) is -1.83. The first-order valence-electron chi connectivity index (χ1n) is 8.48. The lowest BCUT2D eigenvalue weighted by atomic mass is 9.99. The molecule has 0 aliphatic carbocycles. The van der Waals surface area contributed by atoms with Crippen LogP contribution in [0.25, 0.3) is 0 Å². The summed E-state index contributed by atoms with van der Waals surface area (Å²) in [6.45, 7) is 2.28. The van der Waals surface area contributed by atoms with Crippen LogP contribution in [0.15, 0.2) is 30.5 Å². The molecule has 5 nitrogen and oxygen atoms in total. The monoisotopic (exact) mass is 348 g/mol. The van der Waals surface area contributed by atoms with Crippen molar-refractivity contribution in [2.24, 2.45) is 7.05 Å². The van der Waals surface area contributed by atoms with Crippen molar-refractivity contribution in [2.75, 3.05) is 6.54 Å². The molecule has 0 radical (unpaired) electrons. The first-order chi connectivity index (χ1) is 12.0. The first-order valence-corrected chi connectivity index (χ1v) is 8.48. The number of likely N-dealkylation sites (tertiary alicyclic amines) is 1. The van der Waals surface area contributed by atoms with E-state index in [1.54, 1.807) is 22.7 Å². The van der Waals surface area contributed by atoms with E-state index in [9.17, 15) is 13.6 Å². The molecule has 2 amide bonds. The maximum absolute atomic E-state index is 13.9. The average Bonchev–Trinajstić information content (AvgIpc) is 3.03. The number of aromatic nitrogens is 2. The molecule has 0 bridgehead atoms. The molecule has 1 N–H and O–H groups in total. The fourth-order valence-corrected chi connectivity index (χ4v) is 3.39. The standard InChI is InChI=1S/C18H22F2N4O/c1-12(13-6-5-7-14(19)17(13)20)22-18(25)24-11-4-3-8-16(24)15-9-10-21-23(15)2/h5-7,9-10,12,16H,3-4,8,11H2,1-2H3,(H,22,25). The summed E-state index contributed by atoms with van der Waals surface area (Å²) in [6, 6.07) is 4.93. The number of urea groups is 1. The topological polar surface area (TPSA) is 50.2 Å². The second kappa shape index (κ2) is 7.21. The fraction of sp³-hybridized carbons (Fsp3) is 0.444. The smallest absolute Gasteiger partial charge is 0.318 e. The van der Waals surface area contributed by atoms with E-state index < -0.39 is 17.7 Å². The van der Waals surface area contributed by atoms with Gasteiger partial charge in [0.1, 0.15) is 0 Å². The van der Waals surface area contributed by atoms with Gasteiger partial charge in [0.2, 0.25) is 0 Å². The summed E-state index contributed by atoms with van der Waals surface area (Å²) < 4.78 is 29.1. The van der Waals surface area contributed by atoms with Crippen LogP contribution in [0.1, 0.15) is 49.5 Å². The van der Waals surface area contributed by atoms with Crippen LogP contribution >= 0.6 is 0 Å². The van der Waals surface area contributed by atoms with Crippen LogP contribution in [0.5, 0.6) is 0 Å². The maximum atomic E-state index is 13.9. The molecule has 7 heteroatoms. The third kappa shape index (κ3) is 3.50. The van der Waals surface area contributed by atoms with Crippen molar-refractivity contribution in [3.8, 4) is 0 Å². The highest BCUT2D eigenvalue weighted by Gasteiger charge is 2.30. The van der Waals surface area contributed by atoms with Crippen molar-refractivity contribution in [1.82, 2.24) is 20.0 Å². The Hall–Kier alpha value is -2.44. The van der Waals surface area contributed by atoms with Gasteiger partial charge >= 0.3 is 6.03 Å². The van der Waals surface area contributed by atoms with Crippen molar-refractivity contribution in [3.63, 3.8) is 0 Å². The molecule has 1 saturated heterocycles. The van der Waals surface area contributed by atoms with Gasteiger partial charge in [-0.2, -0.15) is 5.10 Å². The summed E-state index contributed by atoms with van der Waals surface area (Å²) >= 11 is 0. The zero-order valence-corrected chi connectivity index (χ0v) is 14.4. The number of rotatable bonds is 3. The predicted octanol–water partition coefficient (Wildman–Crippen LogP) is 3.70. The lowest BCUT2D eigenvalue weighted by Gasteiger charge is -2.36. The quantitative estimate of drug-likeness (QED) is 0.920. The molecule has 3 rings (SSSR count). The van der Waals surface area contributed by atoms with E-state index in [0.29, 0.717) is 6.54 Å². The molecule has 1 fully saturated rings. The minimum absolute atomic E-state index is 0.0641. The van der Waals surface area contributed by atoms with Gasteiger partial charge in [-0.05, 0) is 38.3 Å². The summed E-state index contributed by atoms with van der Waals surface area (Å²) in [6.07, 6.45) is 4.53. The number of halogens is 2. The largest absolute Gasteiger partial charge is 0.331 e. The number of piperidine rings is 1. The van der Waals surface area contributed by atoms with E-state index in [1.807, 2.05) is 13.1 Å². The number of carbonyl (C=O) groups excluding carboxylic acids is 1. The maximum Gasteiger partial charge on any atom is 0.318 e. The van der Waals surface area contributed by atoms with Gasteiger partial charge in [0.25, 0.3) is 0 Å². The van der Waals surface area contributed by atoms with Gasteiger partial charge in [0.15, 0.2) is 11.6 Å². The molecule has 25 heavy (non-hydrogen) atoms. The lowest BCUT2D eigenvalue weighted by Crippen LogP contribution is -2.45. The molecule has 1 aromatic carbocycles. The van der Waals surface area contributed by atoms with Crippen LogP contribution in [-0.4, -0.2) is 27.3 Å². The van der Waals surface area contributed by atoms with Crippen molar-refractivity contribution < 1.29 is 13.6 Å². The molecule has 0 spiro atoms. The zero-order valence-electron chi connectivity index (χ0n) is 14.4. The van der Waals surface area contributed by atoms with Crippen molar-refractivity contribution >= 4 is 6.03 Å². The van der Waals surface area contributed by atoms with E-state index in [2.05, 4.69) is 10.4 Å². The van der Waals surface area contributed by atoms with Gasteiger partial charge < -0.3 is 10.2 Å². The fourth-order valence-electron chi connectivity index (χ4n) is 3.39. The minimum atomic E-state index is -0.919. The number of nitrogens with one attached hydrogen (secondary N) is 1. The molecule has 2 unspecified atom stereocenters. The first kappa shape index (κ1) is 17.4. The molecular weight excluding hydrogens is 326 g/mol. The second-order valence-electron chi connectivity index (χ2n) is 6.40. The number of amides is 2. The van der Waals surface area contributed by atoms with Crippen LogP contribution in [0, 0.1) is 11.6 Å². The van der Waals surface area contributed by atoms with E-state index in [4.69, 9.17) is 0 Å². The molecular formula is C18H22F2N4O. The number of aryl methyl sites for hydroxylation is 1. The number of carbonyl (C=O) groups is 1. The summed E-state index contributed by atoms with van der Waals surface area (Å²) in [5, 5.41) is 6.98. The lowest BCUT2D eigenvalue weighted by molar-refractivity contribution is 0.145. The SMILES string of the molecule is CC(NC(=O)N1CCCCC1c1ccnn1C)c1cccc(F)c1F. The Labute approximate surface area is 145 Å². The summed E-state index contributed by atoms with van der Waals surface area (Å²) in [4.78, 5) is 14.5. The van der Waals surface area contributed by atoms with Crippen LogP contribution in [0.2, 0.25) is 0 Å². The third-order valence-corrected chi connectivity index (χ3v) is 4.75. The molecule has 2 atom stereocenters. The predicted molar refractivity (Wildman–Crippen MR) is 89.8 cm³/mol. The second-order valence-corrected chi connectivity index (χ2v) is 6.40. The number of benzene rings is 1. The molecule has 1 aliphatic rings. The third-order valence-electron chi connectivity index (χ3n) is 4.75. The van der Waals surface area contributed by atoms with E-state index in [0.717, 1.165) is 31.0 Å². The Bertz CT molecular complexity index is 761. The van der Waals surface area contributed by atoms with Crippen molar-refractivity contribution in [2.45, 2.75) is 38.3 Å². The molecule has 2 heterocycles. The Kier molecular flexibility index (Phi) is 5.01. The van der Waals surface area contributed by atoms with Crippen molar-refractivity contribution in [1.29, 1.82) is 0 Å². The van der Waals surface area contributed by atoms with Crippen LogP contribution in [-0.2, 0) is 7.05 Å². The van der Waals surface area contributed by atoms with Crippen LogP contribution < -0.4 is 5.32 Å². The number of hydrogen-bond acceptors (Lipinski definition) is 2. The van der Waals surface area contributed by atoms with E-state index in [1.165, 1.54) is 12.1 Å². The molecule has 2 aromatic rings. The van der Waals surface area contributed by atoms with Gasteiger partial charge in [-0.3, -0.25) is 4.68 Å². The minimum Gasteiger partial charge on any atom is -0.331 e. The normalized spacial score (nSPS) is 18.9. The van der Waals surface area contributed by atoms with Gasteiger partial charge in [-0.1, -0.05) is 12.1 Å². The van der Waals surface area contributed by atoms with Gasteiger partial charge in [0, 0.05) is 25.4 Å². The zero-order chi connectivity index (χ0) is 18.0. The molecule has 0 saturated carbocycles. The Morgan fingerprint density at radius 1 is 1.32 bits per heavy atom.